The molecule has 1 aliphatic heterocycles. The van der Waals surface area contributed by atoms with Gasteiger partial charge in [-0.25, -0.2) is 21.5 Å². The van der Waals surface area contributed by atoms with Gasteiger partial charge >= 0.3 is 0 Å². The van der Waals surface area contributed by atoms with Gasteiger partial charge in [-0.3, -0.25) is 4.79 Å². The Labute approximate surface area is 167 Å². The van der Waals surface area contributed by atoms with Gasteiger partial charge in [0.05, 0.1) is 23.7 Å². The Morgan fingerprint density at radius 2 is 1.76 bits per heavy atom. The average molecular weight is 425 g/mol. The zero-order chi connectivity index (χ0) is 21.2. The zero-order valence-corrected chi connectivity index (χ0v) is 16.8. The smallest absolute Gasteiger partial charge is 0.257 e. The lowest BCUT2D eigenvalue weighted by molar-refractivity contribution is 0.102. The molecule has 0 radical (unpaired) electrons. The van der Waals surface area contributed by atoms with E-state index in [4.69, 9.17) is 4.74 Å². The fourth-order valence-corrected chi connectivity index (χ4v) is 3.85. The number of nitrogens with one attached hydrogen (secondary N) is 1. The van der Waals surface area contributed by atoms with Gasteiger partial charge in [-0.05, 0) is 30.3 Å². The molecule has 1 N–H and O–H groups in total. The second kappa shape index (κ2) is 8.44. The van der Waals surface area contributed by atoms with Crippen LogP contribution in [0.4, 0.5) is 20.2 Å². The minimum atomic E-state index is -3.77. The van der Waals surface area contributed by atoms with Crippen molar-refractivity contribution >= 4 is 27.3 Å². The number of morpholine rings is 1. The minimum Gasteiger partial charge on any atom is -0.378 e. The largest absolute Gasteiger partial charge is 0.378 e. The molecule has 0 spiro atoms. The van der Waals surface area contributed by atoms with Crippen LogP contribution >= 0.6 is 0 Å². The molecule has 0 atom stereocenters. The molecule has 1 saturated heterocycles. The van der Waals surface area contributed by atoms with Crippen LogP contribution < -0.4 is 10.2 Å². The Hall–Kier alpha value is -2.56. The maximum atomic E-state index is 13.5. The topological polar surface area (TPSA) is 79.0 Å². The van der Waals surface area contributed by atoms with Gasteiger partial charge in [-0.2, -0.15) is 0 Å². The standard InChI is InChI=1S/C19H21F2N3O4S/c1-23(2)29(26,27)14-4-6-18(24-7-9-28-10-8-24)15(12-14)19(25)22-13-3-5-16(20)17(21)11-13/h3-6,11-12H,7-10H2,1-2H3,(H,22,25). The predicted octanol–water partition coefficient (Wildman–Crippen LogP) is 2.30. The Kier molecular flexibility index (Phi) is 6.15. The number of hydrogen-bond acceptors (Lipinski definition) is 5. The van der Waals surface area contributed by atoms with Crippen LogP contribution in [0.2, 0.25) is 0 Å². The number of amides is 1. The van der Waals surface area contributed by atoms with Crippen LogP contribution in [0.15, 0.2) is 41.3 Å². The molecule has 0 bridgehead atoms. The fourth-order valence-electron chi connectivity index (χ4n) is 2.92. The summed E-state index contributed by atoms with van der Waals surface area (Å²) in [5.74, 6) is -2.76. The molecule has 7 nitrogen and oxygen atoms in total. The van der Waals surface area contributed by atoms with Crippen LogP contribution in [0.5, 0.6) is 0 Å². The van der Waals surface area contributed by atoms with Gasteiger partial charge in [0.15, 0.2) is 11.6 Å². The number of ether oxygens (including phenoxy) is 1. The van der Waals surface area contributed by atoms with Crippen LogP contribution in [-0.4, -0.2) is 59.0 Å². The molecule has 1 fully saturated rings. The van der Waals surface area contributed by atoms with E-state index in [9.17, 15) is 22.0 Å². The maximum absolute atomic E-state index is 13.5. The van der Waals surface area contributed by atoms with E-state index in [2.05, 4.69) is 5.32 Å². The highest BCUT2D eigenvalue weighted by atomic mass is 32.2. The van der Waals surface area contributed by atoms with Gasteiger partial charge in [0.1, 0.15) is 0 Å². The van der Waals surface area contributed by atoms with E-state index in [0.29, 0.717) is 32.0 Å². The van der Waals surface area contributed by atoms with Gasteiger partial charge in [-0.1, -0.05) is 0 Å². The number of rotatable bonds is 5. The molecular weight excluding hydrogens is 404 g/mol. The van der Waals surface area contributed by atoms with E-state index < -0.39 is 27.6 Å². The molecule has 2 aromatic rings. The van der Waals surface area contributed by atoms with E-state index in [1.54, 1.807) is 6.07 Å². The van der Waals surface area contributed by atoms with Crippen molar-refractivity contribution in [3.63, 3.8) is 0 Å². The number of nitrogens with zero attached hydrogens (tertiary/aromatic N) is 2. The molecule has 1 aliphatic rings. The average Bonchev–Trinajstić information content (AvgIpc) is 2.70. The van der Waals surface area contributed by atoms with Crippen molar-refractivity contribution in [3.05, 3.63) is 53.6 Å². The monoisotopic (exact) mass is 425 g/mol. The fraction of sp³-hybridized carbons (Fsp3) is 0.316. The lowest BCUT2D eigenvalue weighted by Crippen LogP contribution is -2.37. The first-order valence-electron chi connectivity index (χ1n) is 8.86. The highest BCUT2D eigenvalue weighted by Gasteiger charge is 2.24. The SMILES string of the molecule is CN(C)S(=O)(=O)c1ccc(N2CCOCC2)c(C(=O)Nc2ccc(F)c(F)c2)c1. The molecule has 0 aromatic heterocycles. The molecule has 0 unspecified atom stereocenters. The summed E-state index contributed by atoms with van der Waals surface area (Å²) in [6.45, 7) is 2.01. The molecule has 10 heteroatoms. The highest BCUT2D eigenvalue weighted by molar-refractivity contribution is 7.89. The summed E-state index contributed by atoms with van der Waals surface area (Å²) in [6, 6.07) is 7.29. The Morgan fingerprint density at radius 1 is 1.07 bits per heavy atom. The van der Waals surface area contributed by atoms with Crippen molar-refractivity contribution in [1.82, 2.24) is 4.31 Å². The zero-order valence-electron chi connectivity index (χ0n) is 16.0. The summed E-state index contributed by atoms with van der Waals surface area (Å²) < 4.78 is 58.0. The first-order valence-corrected chi connectivity index (χ1v) is 10.3. The van der Waals surface area contributed by atoms with E-state index in [0.717, 1.165) is 16.4 Å². The summed E-state index contributed by atoms with van der Waals surface area (Å²) >= 11 is 0. The normalized spacial score (nSPS) is 14.9. The third kappa shape index (κ3) is 4.55. The molecule has 1 heterocycles. The third-order valence-electron chi connectivity index (χ3n) is 4.52. The van der Waals surface area contributed by atoms with Crippen molar-refractivity contribution in [2.75, 3.05) is 50.6 Å². The van der Waals surface area contributed by atoms with Crippen LogP contribution in [0, 0.1) is 11.6 Å². The minimum absolute atomic E-state index is 0.0463. The Morgan fingerprint density at radius 3 is 2.38 bits per heavy atom. The van der Waals surface area contributed by atoms with Crippen molar-refractivity contribution in [3.8, 4) is 0 Å². The van der Waals surface area contributed by atoms with E-state index >= 15 is 0 Å². The molecule has 29 heavy (non-hydrogen) atoms. The number of carbonyl (C=O) groups is 1. The van der Waals surface area contributed by atoms with Crippen LogP contribution in [0.1, 0.15) is 10.4 Å². The number of halogens is 2. The van der Waals surface area contributed by atoms with Gasteiger partial charge in [-0.15, -0.1) is 0 Å². The van der Waals surface area contributed by atoms with Gasteiger partial charge in [0.2, 0.25) is 10.0 Å². The number of sulfonamides is 1. The lowest BCUT2D eigenvalue weighted by atomic mass is 10.1. The molecule has 156 valence electrons. The van der Waals surface area contributed by atoms with Crippen LogP contribution in [-0.2, 0) is 14.8 Å². The van der Waals surface area contributed by atoms with Gasteiger partial charge < -0.3 is 15.0 Å². The maximum Gasteiger partial charge on any atom is 0.257 e. The van der Waals surface area contributed by atoms with E-state index in [1.807, 2.05) is 4.90 Å². The molecular formula is C19H21F2N3O4S. The lowest BCUT2D eigenvalue weighted by Gasteiger charge is -2.30. The van der Waals surface area contributed by atoms with Gasteiger partial charge in [0, 0.05) is 44.6 Å². The molecule has 0 aliphatic carbocycles. The Bertz CT molecular complexity index is 1020. The second-order valence-electron chi connectivity index (χ2n) is 6.65. The first kappa shape index (κ1) is 21.2. The van der Waals surface area contributed by atoms with E-state index in [-0.39, 0.29) is 16.1 Å². The van der Waals surface area contributed by atoms with E-state index in [1.165, 1.54) is 32.3 Å². The second-order valence-corrected chi connectivity index (χ2v) is 8.80. The third-order valence-corrected chi connectivity index (χ3v) is 6.33. The summed E-state index contributed by atoms with van der Waals surface area (Å²) in [4.78, 5) is 14.8. The Balaban J connectivity index is 2.02. The van der Waals surface area contributed by atoms with Crippen molar-refractivity contribution in [1.29, 1.82) is 0 Å². The van der Waals surface area contributed by atoms with Crippen molar-refractivity contribution < 1.29 is 26.7 Å². The molecule has 2 aromatic carbocycles. The number of benzene rings is 2. The molecule has 1 amide bonds. The summed E-state index contributed by atoms with van der Waals surface area (Å²) in [5, 5.41) is 2.50. The summed E-state index contributed by atoms with van der Waals surface area (Å²) in [5.41, 5.74) is 0.702. The molecule has 0 saturated carbocycles. The number of carbonyl (C=O) groups excluding carboxylic acids is 1. The number of hydrogen-bond donors (Lipinski definition) is 1. The summed E-state index contributed by atoms with van der Waals surface area (Å²) in [6.07, 6.45) is 0. The van der Waals surface area contributed by atoms with Crippen molar-refractivity contribution in [2.24, 2.45) is 0 Å². The quantitative estimate of drug-likeness (QED) is 0.795. The first-order chi connectivity index (χ1) is 13.7. The summed E-state index contributed by atoms with van der Waals surface area (Å²) in [7, 11) is -0.975. The van der Waals surface area contributed by atoms with Gasteiger partial charge in [0.25, 0.3) is 5.91 Å². The predicted molar refractivity (Wildman–Crippen MR) is 105 cm³/mol. The molecule has 3 rings (SSSR count). The number of anilines is 2. The van der Waals surface area contributed by atoms with Crippen LogP contribution in [0.25, 0.3) is 0 Å². The van der Waals surface area contributed by atoms with Crippen molar-refractivity contribution in [2.45, 2.75) is 4.90 Å². The van der Waals surface area contributed by atoms with Crippen LogP contribution in [0.3, 0.4) is 0 Å². The highest BCUT2D eigenvalue weighted by Crippen LogP contribution is 2.27.